The van der Waals surface area contributed by atoms with Crippen LogP contribution in [0, 0.1) is 0 Å². The number of methoxy groups -OCH3 is 1. The second kappa shape index (κ2) is 8.80. The van der Waals surface area contributed by atoms with E-state index in [-0.39, 0.29) is 11.8 Å². The summed E-state index contributed by atoms with van der Waals surface area (Å²) in [6.07, 6.45) is 0.960. The molecule has 1 aromatic heterocycles. The van der Waals surface area contributed by atoms with Gasteiger partial charge in [0.15, 0.2) is 17.3 Å². The molecule has 0 saturated heterocycles. The van der Waals surface area contributed by atoms with Crippen LogP contribution in [0.3, 0.4) is 0 Å². The Morgan fingerprint density at radius 1 is 1.00 bits per heavy atom. The van der Waals surface area contributed by atoms with E-state index in [9.17, 15) is 5.11 Å². The van der Waals surface area contributed by atoms with Crippen LogP contribution in [-0.2, 0) is 19.5 Å². The van der Waals surface area contributed by atoms with Gasteiger partial charge in [-0.3, -0.25) is 4.90 Å². The van der Waals surface area contributed by atoms with Gasteiger partial charge in [0.25, 0.3) is 0 Å². The van der Waals surface area contributed by atoms with E-state index in [1.807, 2.05) is 35.0 Å². The molecule has 0 aliphatic carbocycles. The van der Waals surface area contributed by atoms with Gasteiger partial charge in [-0.2, -0.15) is 0 Å². The lowest BCUT2D eigenvalue weighted by Crippen LogP contribution is -2.36. The largest absolute Gasteiger partial charge is 0.504 e. The van der Waals surface area contributed by atoms with Crippen LogP contribution in [0.15, 0.2) is 72.8 Å². The first kappa shape index (κ1) is 20.2. The van der Waals surface area contributed by atoms with Gasteiger partial charge in [0.1, 0.15) is 0 Å². The molecule has 32 heavy (non-hydrogen) atoms. The van der Waals surface area contributed by atoms with Gasteiger partial charge < -0.3 is 9.84 Å². The summed E-state index contributed by atoms with van der Waals surface area (Å²) in [5, 5.41) is 22.9. The SMILES string of the molecule is COc1cc([C@H](c2nnnn2Cc2ccccc2)N2CCc3ccccc3C2)ccc1O. The number of aromatic hydroxyl groups is 1. The fraction of sp³-hybridized carbons (Fsp3) is 0.240. The third-order valence-corrected chi connectivity index (χ3v) is 6.02. The predicted octanol–water partition coefficient (Wildman–Crippen LogP) is 3.58. The van der Waals surface area contributed by atoms with E-state index in [0.29, 0.717) is 12.3 Å². The number of rotatable bonds is 6. The van der Waals surface area contributed by atoms with Crippen molar-refractivity contribution in [2.24, 2.45) is 0 Å². The molecule has 1 aliphatic rings. The van der Waals surface area contributed by atoms with Crippen molar-refractivity contribution in [1.29, 1.82) is 0 Å². The lowest BCUT2D eigenvalue weighted by atomic mass is 9.95. The molecule has 0 saturated carbocycles. The monoisotopic (exact) mass is 427 g/mol. The molecule has 0 fully saturated rings. The molecule has 0 bridgehead atoms. The van der Waals surface area contributed by atoms with Gasteiger partial charge in [-0.05, 0) is 51.2 Å². The summed E-state index contributed by atoms with van der Waals surface area (Å²) in [7, 11) is 1.56. The van der Waals surface area contributed by atoms with Gasteiger partial charge in [0.2, 0.25) is 0 Å². The summed E-state index contributed by atoms with van der Waals surface area (Å²) in [6, 6.07) is 24.0. The third kappa shape index (κ3) is 3.94. The Balaban J connectivity index is 1.56. The number of hydrogen-bond donors (Lipinski definition) is 1. The number of ether oxygens (including phenoxy) is 1. The highest BCUT2D eigenvalue weighted by atomic mass is 16.5. The van der Waals surface area contributed by atoms with Gasteiger partial charge in [0.05, 0.1) is 19.7 Å². The fourth-order valence-corrected chi connectivity index (χ4v) is 4.40. The number of nitrogens with zero attached hydrogens (tertiary/aromatic N) is 5. The standard InChI is InChI=1S/C25H25N5O2/c1-32-23-15-20(11-12-22(23)31)24(29-14-13-19-9-5-6-10-21(19)17-29)25-26-27-28-30(25)16-18-7-3-2-4-8-18/h2-12,15,24,31H,13-14,16-17H2,1H3/t24-/m1/s1. The van der Waals surface area contributed by atoms with Gasteiger partial charge >= 0.3 is 0 Å². The molecule has 0 radical (unpaired) electrons. The van der Waals surface area contributed by atoms with Gasteiger partial charge in [-0.15, -0.1) is 5.10 Å². The maximum absolute atomic E-state index is 10.2. The van der Waals surface area contributed by atoms with E-state index >= 15 is 0 Å². The topological polar surface area (TPSA) is 76.3 Å². The fourth-order valence-electron chi connectivity index (χ4n) is 4.40. The van der Waals surface area contributed by atoms with Crippen LogP contribution in [-0.4, -0.2) is 43.9 Å². The van der Waals surface area contributed by atoms with Crippen molar-refractivity contribution in [3.8, 4) is 11.5 Å². The van der Waals surface area contributed by atoms with E-state index in [2.05, 4.69) is 56.8 Å². The van der Waals surface area contributed by atoms with Crippen LogP contribution in [0.5, 0.6) is 11.5 Å². The normalized spacial score (nSPS) is 14.7. The van der Waals surface area contributed by atoms with Gasteiger partial charge in [-0.1, -0.05) is 60.7 Å². The zero-order valence-electron chi connectivity index (χ0n) is 17.9. The lowest BCUT2D eigenvalue weighted by Gasteiger charge is -2.35. The minimum atomic E-state index is -0.184. The summed E-state index contributed by atoms with van der Waals surface area (Å²) in [5.74, 6) is 1.32. The van der Waals surface area contributed by atoms with E-state index in [1.54, 1.807) is 13.2 Å². The summed E-state index contributed by atoms with van der Waals surface area (Å²) < 4.78 is 7.26. The zero-order valence-corrected chi connectivity index (χ0v) is 17.9. The maximum atomic E-state index is 10.2. The molecule has 7 nitrogen and oxygen atoms in total. The summed E-state index contributed by atoms with van der Waals surface area (Å²) in [5.41, 5.74) is 4.81. The van der Waals surface area contributed by atoms with Crippen molar-refractivity contribution < 1.29 is 9.84 Å². The molecule has 162 valence electrons. The third-order valence-electron chi connectivity index (χ3n) is 6.02. The van der Waals surface area contributed by atoms with Crippen LogP contribution in [0.2, 0.25) is 0 Å². The Morgan fingerprint density at radius 3 is 2.59 bits per heavy atom. The number of tetrazole rings is 1. The molecular formula is C25H25N5O2. The van der Waals surface area contributed by atoms with Crippen molar-refractivity contribution in [3.05, 3.63) is 101 Å². The smallest absolute Gasteiger partial charge is 0.173 e. The lowest BCUT2D eigenvalue weighted by molar-refractivity contribution is 0.194. The minimum absolute atomic E-state index is 0.114. The molecule has 3 aromatic carbocycles. The first-order valence-corrected chi connectivity index (χ1v) is 10.7. The molecule has 1 aliphatic heterocycles. The Kier molecular flexibility index (Phi) is 5.56. The van der Waals surface area contributed by atoms with Crippen molar-refractivity contribution in [1.82, 2.24) is 25.1 Å². The van der Waals surface area contributed by atoms with E-state index in [1.165, 1.54) is 11.1 Å². The summed E-state index contributed by atoms with van der Waals surface area (Å²) >= 11 is 0. The Morgan fingerprint density at radius 2 is 1.78 bits per heavy atom. The Hall–Kier alpha value is -3.71. The number of fused-ring (bicyclic) bond motifs is 1. The van der Waals surface area contributed by atoms with Crippen molar-refractivity contribution in [2.45, 2.75) is 25.6 Å². The molecule has 4 aromatic rings. The van der Waals surface area contributed by atoms with Crippen LogP contribution in [0.25, 0.3) is 0 Å². The number of phenols is 1. The van der Waals surface area contributed by atoms with Crippen LogP contribution >= 0.6 is 0 Å². The average molecular weight is 428 g/mol. The molecule has 0 unspecified atom stereocenters. The molecular weight excluding hydrogens is 402 g/mol. The van der Waals surface area contributed by atoms with Crippen molar-refractivity contribution in [3.63, 3.8) is 0 Å². The highest BCUT2D eigenvalue weighted by Gasteiger charge is 2.31. The number of phenolic OH excluding ortho intramolecular Hbond substituents is 1. The summed E-state index contributed by atoms with van der Waals surface area (Å²) in [4.78, 5) is 2.39. The van der Waals surface area contributed by atoms with Crippen molar-refractivity contribution >= 4 is 0 Å². The van der Waals surface area contributed by atoms with Gasteiger partial charge in [0, 0.05) is 13.1 Å². The highest BCUT2D eigenvalue weighted by Crippen LogP contribution is 2.36. The second-order valence-corrected chi connectivity index (χ2v) is 8.00. The molecule has 5 rings (SSSR count). The molecule has 7 heteroatoms. The first-order valence-electron chi connectivity index (χ1n) is 10.7. The molecule has 0 spiro atoms. The zero-order chi connectivity index (χ0) is 21.9. The quantitative estimate of drug-likeness (QED) is 0.507. The molecule has 2 heterocycles. The van der Waals surface area contributed by atoms with Crippen molar-refractivity contribution in [2.75, 3.05) is 13.7 Å². The van der Waals surface area contributed by atoms with E-state index in [0.717, 1.165) is 36.5 Å². The average Bonchev–Trinajstić information content (AvgIpc) is 3.28. The minimum Gasteiger partial charge on any atom is -0.504 e. The molecule has 0 amide bonds. The van der Waals surface area contributed by atoms with Crippen LogP contribution < -0.4 is 4.74 Å². The van der Waals surface area contributed by atoms with Gasteiger partial charge in [-0.25, -0.2) is 4.68 Å². The predicted molar refractivity (Wildman–Crippen MR) is 120 cm³/mol. The number of aromatic nitrogens is 4. The summed E-state index contributed by atoms with van der Waals surface area (Å²) in [6.45, 7) is 2.25. The maximum Gasteiger partial charge on any atom is 0.173 e. The molecule has 1 atom stereocenters. The van der Waals surface area contributed by atoms with Crippen LogP contribution in [0.1, 0.15) is 34.1 Å². The van der Waals surface area contributed by atoms with E-state index in [4.69, 9.17) is 4.74 Å². The van der Waals surface area contributed by atoms with E-state index < -0.39 is 0 Å². The number of benzene rings is 3. The second-order valence-electron chi connectivity index (χ2n) is 8.00. The van der Waals surface area contributed by atoms with Crippen LogP contribution in [0.4, 0.5) is 0 Å². The number of hydrogen-bond acceptors (Lipinski definition) is 6. The Labute approximate surface area is 186 Å². The Bertz CT molecular complexity index is 1210. The first-order chi connectivity index (χ1) is 15.7. The highest BCUT2D eigenvalue weighted by molar-refractivity contribution is 5.44. The molecule has 1 N–H and O–H groups in total.